The number of aromatic nitrogens is 1. The van der Waals surface area contributed by atoms with Crippen LogP contribution in [0.2, 0.25) is 0 Å². The average molecular weight is 310 g/mol. The van der Waals surface area contributed by atoms with Crippen LogP contribution in [0.15, 0.2) is 71.8 Å². The Hall–Kier alpha value is -1.88. The molecule has 0 aliphatic carbocycles. The van der Waals surface area contributed by atoms with E-state index in [-0.39, 0.29) is 5.25 Å². The van der Waals surface area contributed by atoms with Crippen molar-refractivity contribution in [2.24, 2.45) is 5.73 Å². The van der Waals surface area contributed by atoms with Crippen molar-refractivity contribution in [3.8, 4) is 0 Å². The highest BCUT2D eigenvalue weighted by Crippen LogP contribution is 2.31. The van der Waals surface area contributed by atoms with E-state index in [4.69, 9.17) is 5.73 Å². The zero-order valence-corrected chi connectivity index (χ0v) is 13.0. The molecule has 0 saturated heterocycles. The van der Waals surface area contributed by atoms with Crippen LogP contribution in [-0.4, -0.2) is 16.1 Å². The van der Waals surface area contributed by atoms with Crippen LogP contribution in [0.1, 0.15) is 17.4 Å². The predicted molar refractivity (Wildman–Crippen MR) is 91.0 cm³/mol. The molecule has 0 spiro atoms. The number of nitrogens with zero attached hydrogens (tertiary/aromatic N) is 1. The van der Waals surface area contributed by atoms with Gasteiger partial charge in [-0.15, -0.1) is 0 Å². The maximum Gasteiger partial charge on any atom is 0.164 e. The minimum atomic E-state index is -1.17. The van der Waals surface area contributed by atoms with Gasteiger partial charge in [-0.25, -0.2) is 0 Å². The second-order valence-electron chi connectivity index (χ2n) is 5.13. The van der Waals surface area contributed by atoms with Crippen LogP contribution in [0.3, 0.4) is 0 Å². The molecule has 1 aromatic heterocycles. The summed E-state index contributed by atoms with van der Waals surface area (Å²) in [5.41, 5.74) is 6.54. The topological polar surface area (TPSA) is 62.0 Å². The van der Waals surface area contributed by atoms with E-state index in [1.165, 1.54) is 0 Å². The van der Waals surface area contributed by atoms with Gasteiger partial charge in [-0.2, -0.15) is 0 Å². The molecular weight excluding hydrogens is 292 g/mol. The van der Waals surface area contributed by atoms with Gasteiger partial charge in [-0.3, -0.25) is 4.98 Å². The number of rotatable bonds is 5. The molecule has 2 aromatic carbocycles. The van der Waals surface area contributed by atoms with E-state index >= 15 is 0 Å². The number of benzene rings is 2. The fourth-order valence-corrected chi connectivity index (χ4v) is 4.02. The fraction of sp³-hybridized carbons (Fsp3) is 0.167. The molecule has 0 radical (unpaired) electrons. The number of hydrogen-bond acceptors (Lipinski definition) is 3. The molecule has 3 aromatic rings. The van der Waals surface area contributed by atoms with E-state index in [0.717, 1.165) is 21.4 Å². The normalized spacial score (nSPS) is 13.9. The third kappa shape index (κ3) is 3.14. The molecule has 4 heteroatoms. The van der Waals surface area contributed by atoms with E-state index in [2.05, 4.69) is 11.1 Å². The zero-order chi connectivity index (χ0) is 15.4. The highest BCUT2D eigenvalue weighted by molar-refractivity contribution is 7.91. The van der Waals surface area contributed by atoms with Crippen LogP contribution >= 0.6 is 0 Å². The van der Waals surface area contributed by atoms with Gasteiger partial charge in [-0.1, -0.05) is 30.3 Å². The zero-order valence-electron chi connectivity index (χ0n) is 12.2. The lowest BCUT2D eigenvalue weighted by Gasteiger charge is -2.20. The Morgan fingerprint density at radius 1 is 1.00 bits per heavy atom. The van der Waals surface area contributed by atoms with Gasteiger partial charge in [0.25, 0.3) is 0 Å². The van der Waals surface area contributed by atoms with Crippen molar-refractivity contribution >= 4 is 21.9 Å². The molecular formula is C18H18N2OS. The third-order valence-electron chi connectivity index (χ3n) is 3.66. The largest absolute Gasteiger partial charge is 0.611 e. The summed E-state index contributed by atoms with van der Waals surface area (Å²) in [5.74, 6) is 0. The van der Waals surface area contributed by atoms with Crippen molar-refractivity contribution in [2.75, 3.05) is 6.54 Å². The van der Waals surface area contributed by atoms with Crippen molar-refractivity contribution in [3.05, 3.63) is 72.6 Å². The van der Waals surface area contributed by atoms with Crippen molar-refractivity contribution in [2.45, 2.75) is 16.6 Å². The van der Waals surface area contributed by atoms with Crippen LogP contribution in [0.4, 0.5) is 0 Å². The summed E-state index contributed by atoms with van der Waals surface area (Å²) < 4.78 is 13.0. The predicted octanol–water partition coefficient (Wildman–Crippen LogP) is 3.43. The second kappa shape index (κ2) is 6.92. The lowest BCUT2D eigenvalue weighted by molar-refractivity contribution is 0.573. The Morgan fingerprint density at radius 3 is 2.50 bits per heavy atom. The Bertz CT molecular complexity index is 748. The van der Waals surface area contributed by atoms with Gasteiger partial charge in [0.1, 0.15) is 0 Å². The maximum atomic E-state index is 13.0. The lowest BCUT2D eigenvalue weighted by Crippen LogP contribution is -2.18. The van der Waals surface area contributed by atoms with Crippen molar-refractivity contribution in [1.82, 2.24) is 4.98 Å². The smallest absolute Gasteiger partial charge is 0.164 e. The SMILES string of the molecule is NCCC(c1ccccn1)[S+]([O-])c1ccc2ccccc2c1. The molecule has 112 valence electrons. The van der Waals surface area contributed by atoms with Crippen molar-refractivity contribution in [1.29, 1.82) is 0 Å². The van der Waals surface area contributed by atoms with Gasteiger partial charge < -0.3 is 10.3 Å². The number of fused-ring (bicyclic) bond motifs is 1. The summed E-state index contributed by atoms with van der Waals surface area (Å²) in [4.78, 5) is 5.18. The van der Waals surface area contributed by atoms with Crippen molar-refractivity contribution < 1.29 is 4.55 Å². The number of nitrogens with two attached hydrogens (primary N) is 1. The molecule has 0 bridgehead atoms. The monoisotopic (exact) mass is 310 g/mol. The standard InChI is InChI=1S/C18H18N2OS/c19-11-10-18(17-7-3-4-12-20-17)22(21)16-9-8-14-5-1-2-6-15(14)13-16/h1-9,12-13,18H,10-11,19H2. The highest BCUT2D eigenvalue weighted by atomic mass is 32.2. The minimum absolute atomic E-state index is 0.174. The molecule has 1 heterocycles. The Labute approximate surface area is 133 Å². The summed E-state index contributed by atoms with van der Waals surface area (Å²) in [6.45, 7) is 0.487. The van der Waals surface area contributed by atoms with E-state index in [0.29, 0.717) is 13.0 Å². The van der Waals surface area contributed by atoms with Gasteiger partial charge in [-0.05, 0) is 52.8 Å². The number of pyridine rings is 1. The average Bonchev–Trinajstić information content (AvgIpc) is 2.59. The van der Waals surface area contributed by atoms with Gasteiger partial charge in [0.05, 0.1) is 5.69 Å². The molecule has 0 amide bonds. The molecule has 22 heavy (non-hydrogen) atoms. The molecule has 2 unspecified atom stereocenters. The number of hydrogen-bond donors (Lipinski definition) is 1. The van der Waals surface area contributed by atoms with Gasteiger partial charge in [0.15, 0.2) is 10.1 Å². The maximum absolute atomic E-state index is 13.0. The second-order valence-corrected chi connectivity index (χ2v) is 6.76. The third-order valence-corrected chi connectivity index (χ3v) is 5.37. The highest BCUT2D eigenvalue weighted by Gasteiger charge is 2.27. The van der Waals surface area contributed by atoms with E-state index < -0.39 is 11.2 Å². The molecule has 3 nitrogen and oxygen atoms in total. The van der Waals surface area contributed by atoms with Crippen molar-refractivity contribution in [3.63, 3.8) is 0 Å². The van der Waals surface area contributed by atoms with E-state index in [1.807, 2.05) is 54.6 Å². The molecule has 0 fully saturated rings. The fourth-order valence-electron chi connectivity index (χ4n) is 2.54. The Morgan fingerprint density at radius 2 is 1.77 bits per heavy atom. The summed E-state index contributed by atoms with van der Waals surface area (Å²) in [5, 5.41) is 2.07. The first-order valence-corrected chi connectivity index (χ1v) is 8.51. The molecule has 0 aliphatic heterocycles. The van der Waals surface area contributed by atoms with Crippen LogP contribution in [0.5, 0.6) is 0 Å². The summed E-state index contributed by atoms with van der Waals surface area (Å²) in [6, 6.07) is 19.7. The Kier molecular flexibility index (Phi) is 4.73. The summed E-state index contributed by atoms with van der Waals surface area (Å²) in [7, 11) is 0. The van der Waals surface area contributed by atoms with Crippen LogP contribution in [-0.2, 0) is 11.2 Å². The first-order chi connectivity index (χ1) is 10.8. The van der Waals surface area contributed by atoms with Gasteiger partial charge >= 0.3 is 0 Å². The molecule has 0 saturated carbocycles. The molecule has 2 N–H and O–H groups in total. The van der Waals surface area contributed by atoms with Crippen LogP contribution in [0.25, 0.3) is 10.8 Å². The first-order valence-electron chi connectivity index (χ1n) is 7.30. The van der Waals surface area contributed by atoms with E-state index in [1.54, 1.807) is 6.20 Å². The molecule has 0 aliphatic rings. The van der Waals surface area contributed by atoms with Crippen LogP contribution < -0.4 is 5.73 Å². The molecule has 3 rings (SSSR count). The summed E-state index contributed by atoms with van der Waals surface area (Å²) in [6.07, 6.45) is 2.38. The van der Waals surface area contributed by atoms with Gasteiger partial charge in [0.2, 0.25) is 0 Å². The lowest BCUT2D eigenvalue weighted by atomic mass is 10.1. The Balaban J connectivity index is 1.96. The first kappa shape index (κ1) is 15.0. The minimum Gasteiger partial charge on any atom is -0.611 e. The van der Waals surface area contributed by atoms with E-state index in [9.17, 15) is 4.55 Å². The van der Waals surface area contributed by atoms with Gasteiger partial charge in [0, 0.05) is 18.7 Å². The van der Waals surface area contributed by atoms with Crippen LogP contribution in [0, 0.1) is 0 Å². The quantitative estimate of drug-likeness (QED) is 0.734. The molecule has 2 atom stereocenters. The summed E-state index contributed by atoms with van der Waals surface area (Å²) >= 11 is -1.17.